The number of hydrogen-bond donors (Lipinski definition) is 0. The molecular formula is C15H10ClIO4. The van der Waals surface area contributed by atoms with Crippen LogP contribution in [0.1, 0.15) is 20.7 Å². The van der Waals surface area contributed by atoms with E-state index in [1.807, 2.05) is 22.6 Å². The molecule has 0 aliphatic carbocycles. The average Bonchev–Trinajstić information content (AvgIpc) is 2.49. The number of ether oxygens (including phenoxy) is 2. The Kier molecular flexibility index (Phi) is 5.19. The minimum atomic E-state index is -0.526. The van der Waals surface area contributed by atoms with Crippen molar-refractivity contribution in [2.75, 3.05) is 7.11 Å². The number of halogens is 2. The summed E-state index contributed by atoms with van der Waals surface area (Å²) in [5.41, 5.74) is 0.819. The Morgan fingerprint density at radius 2 is 1.90 bits per heavy atom. The molecule has 6 heteroatoms. The van der Waals surface area contributed by atoms with E-state index in [2.05, 4.69) is 0 Å². The van der Waals surface area contributed by atoms with Crippen LogP contribution in [-0.2, 0) is 0 Å². The van der Waals surface area contributed by atoms with Gasteiger partial charge in [-0.25, -0.2) is 4.79 Å². The predicted molar refractivity (Wildman–Crippen MR) is 87.5 cm³/mol. The summed E-state index contributed by atoms with van der Waals surface area (Å²) in [4.78, 5) is 22.9. The van der Waals surface area contributed by atoms with Crippen molar-refractivity contribution in [3.05, 3.63) is 56.1 Å². The lowest BCUT2D eigenvalue weighted by Crippen LogP contribution is -2.10. The normalized spacial score (nSPS) is 10.0. The molecule has 4 nitrogen and oxygen atoms in total. The third-order valence-electron chi connectivity index (χ3n) is 2.66. The number of hydrogen-bond acceptors (Lipinski definition) is 4. The first kappa shape index (κ1) is 15.8. The molecule has 0 atom stereocenters. The summed E-state index contributed by atoms with van der Waals surface area (Å²) in [5, 5.41) is 0.536. The monoisotopic (exact) mass is 416 g/mol. The maximum absolute atomic E-state index is 12.1. The number of carbonyl (C=O) groups is 2. The molecule has 0 unspecified atom stereocenters. The standard InChI is InChI=1S/C15H10ClIO4/c1-20-13-7-9(8-18)6-12(17)14(13)21-15(19)10-2-4-11(16)5-3-10/h2-8H,1H3. The highest BCUT2D eigenvalue weighted by atomic mass is 127. The fourth-order valence-electron chi connectivity index (χ4n) is 1.64. The lowest BCUT2D eigenvalue weighted by atomic mass is 10.2. The van der Waals surface area contributed by atoms with E-state index < -0.39 is 5.97 Å². The fourth-order valence-corrected chi connectivity index (χ4v) is 2.51. The molecule has 2 rings (SSSR count). The van der Waals surface area contributed by atoms with E-state index >= 15 is 0 Å². The summed E-state index contributed by atoms with van der Waals surface area (Å²) in [6.07, 6.45) is 0.704. The highest BCUT2D eigenvalue weighted by molar-refractivity contribution is 14.1. The van der Waals surface area contributed by atoms with Crippen LogP contribution in [0, 0.1) is 3.57 Å². The Morgan fingerprint density at radius 3 is 2.48 bits per heavy atom. The summed E-state index contributed by atoms with van der Waals surface area (Å²) >= 11 is 7.76. The number of rotatable bonds is 4. The summed E-state index contributed by atoms with van der Waals surface area (Å²) in [7, 11) is 1.44. The van der Waals surface area contributed by atoms with Crippen LogP contribution < -0.4 is 9.47 Å². The van der Waals surface area contributed by atoms with Crippen LogP contribution in [0.2, 0.25) is 5.02 Å². The second-order valence-corrected chi connectivity index (χ2v) is 5.65. The van der Waals surface area contributed by atoms with Crippen LogP contribution in [-0.4, -0.2) is 19.4 Å². The molecule has 0 spiro atoms. The Hall–Kier alpha value is -1.60. The number of carbonyl (C=O) groups excluding carboxylic acids is 2. The molecule has 0 radical (unpaired) electrons. The van der Waals surface area contributed by atoms with E-state index in [1.165, 1.54) is 13.2 Å². The van der Waals surface area contributed by atoms with Crippen molar-refractivity contribution >= 4 is 46.4 Å². The van der Waals surface area contributed by atoms with Gasteiger partial charge >= 0.3 is 5.97 Å². The van der Waals surface area contributed by atoms with Crippen molar-refractivity contribution in [1.82, 2.24) is 0 Å². The van der Waals surface area contributed by atoms with Gasteiger partial charge in [0.1, 0.15) is 6.29 Å². The number of aldehydes is 1. The highest BCUT2D eigenvalue weighted by Gasteiger charge is 2.16. The molecule has 21 heavy (non-hydrogen) atoms. The van der Waals surface area contributed by atoms with Gasteiger partial charge < -0.3 is 9.47 Å². The topological polar surface area (TPSA) is 52.6 Å². The van der Waals surface area contributed by atoms with Crippen LogP contribution in [0.3, 0.4) is 0 Å². The molecule has 0 aliphatic rings. The average molecular weight is 417 g/mol. The fraction of sp³-hybridized carbons (Fsp3) is 0.0667. The minimum Gasteiger partial charge on any atom is -0.493 e. The molecule has 0 saturated carbocycles. The van der Waals surface area contributed by atoms with Gasteiger partial charge in [0.15, 0.2) is 11.5 Å². The Morgan fingerprint density at radius 1 is 1.24 bits per heavy atom. The molecule has 0 heterocycles. The summed E-state index contributed by atoms with van der Waals surface area (Å²) in [6.45, 7) is 0. The molecule has 108 valence electrons. The molecule has 2 aromatic carbocycles. The molecule has 0 bridgehead atoms. The van der Waals surface area contributed by atoms with Crippen molar-refractivity contribution in [3.63, 3.8) is 0 Å². The smallest absolute Gasteiger partial charge is 0.343 e. The number of methoxy groups -OCH3 is 1. The lowest BCUT2D eigenvalue weighted by molar-refractivity contribution is 0.0728. The molecule has 0 aromatic heterocycles. The zero-order valence-corrected chi connectivity index (χ0v) is 13.8. The van der Waals surface area contributed by atoms with Crippen LogP contribution in [0.15, 0.2) is 36.4 Å². The Labute approximate surface area is 140 Å². The molecule has 0 aliphatic heterocycles. The summed E-state index contributed by atoms with van der Waals surface area (Å²) in [5.74, 6) is 0.0803. The van der Waals surface area contributed by atoms with E-state index in [1.54, 1.807) is 30.3 Å². The Bertz CT molecular complexity index is 683. The van der Waals surface area contributed by atoms with Crippen molar-refractivity contribution < 1.29 is 19.1 Å². The van der Waals surface area contributed by atoms with E-state index in [0.29, 0.717) is 31.8 Å². The SMILES string of the molecule is COc1cc(C=O)cc(I)c1OC(=O)c1ccc(Cl)cc1. The first-order valence-corrected chi connectivity index (χ1v) is 7.31. The lowest BCUT2D eigenvalue weighted by Gasteiger charge is -2.12. The molecule has 0 N–H and O–H groups in total. The van der Waals surface area contributed by atoms with Crippen LogP contribution in [0.5, 0.6) is 11.5 Å². The van der Waals surface area contributed by atoms with Gasteiger partial charge in [0.25, 0.3) is 0 Å². The second kappa shape index (κ2) is 6.91. The maximum Gasteiger partial charge on any atom is 0.343 e. The van der Waals surface area contributed by atoms with Gasteiger partial charge in [-0.3, -0.25) is 4.79 Å². The zero-order chi connectivity index (χ0) is 15.4. The number of esters is 1. The van der Waals surface area contributed by atoms with Crippen molar-refractivity contribution in [1.29, 1.82) is 0 Å². The first-order valence-electron chi connectivity index (χ1n) is 5.85. The largest absolute Gasteiger partial charge is 0.493 e. The van der Waals surface area contributed by atoms with E-state index in [4.69, 9.17) is 21.1 Å². The molecule has 0 fully saturated rings. The molecular weight excluding hydrogens is 407 g/mol. The quantitative estimate of drug-likeness (QED) is 0.327. The summed E-state index contributed by atoms with van der Waals surface area (Å²) in [6, 6.07) is 9.49. The summed E-state index contributed by atoms with van der Waals surface area (Å²) < 4.78 is 11.1. The van der Waals surface area contributed by atoms with Gasteiger partial charge in [-0.05, 0) is 59.0 Å². The van der Waals surface area contributed by atoms with Gasteiger partial charge in [-0.2, -0.15) is 0 Å². The van der Waals surface area contributed by atoms with E-state index in [9.17, 15) is 9.59 Å². The maximum atomic E-state index is 12.1. The van der Waals surface area contributed by atoms with Crippen LogP contribution in [0.25, 0.3) is 0 Å². The number of benzene rings is 2. The van der Waals surface area contributed by atoms with Crippen molar-refractivity contribution in [2.24, 2.45) is 0 Å². The van der Waals surface area contributed by atoms with Crippen LogP contribution >= 0.6 is 34.2 Å². The Balaban J connectivity index is 2.32. The van der Waals surface area contributed by atoms with Gasteiger partial charge in [-0.15, -0.1) is 0 Å². The first-order chi connectivity index (χ1) is 10.0. The molecule has 2 aromatic rings. The zero-order valence-electron chi connectivity index (χ0n) is 10.9. The molecule has 0 amide bonds. The second-order valence-electron chi connectivity index (χ2n) is 4.05. The van der Waals surface area contributed by atoms with Crippen LogP contribution in [0.4, 0.5) is 0 Å². The van der Waals surface area contributed by atoms with E-state index in [0.717, 1.165) is 0 Å². The minimum absolute atomic E-state index is 0.281. The van der Waals surface area contributed by atoms with Gasteiger partial charge in [0.2, 0.25) is 0 Å². The third-order valence-corrected chi connectivity index (χ3v) is 3.72. The van der Waals surface area contributed by atoms with Gasteiger partial charge in [0.05, 0.1) is 16.2 Å². The van der Waals surface area contributed by atoms with Gasteiger partial charge in [0, 0.05) is 10.6 Å². The van der Waals surface area contributed by atoms with Gasteiger partial charge in [-0.1, -0.05) is 11.6 Å². The van der Waals surface area contributed by atoms with Crippen molar-refractivity contribution in [3.8, 4) is 11.5 Å². The van der Waals surface area contributed by atoms with E-state index in [-0.39, 0.29) is 5.75 Å². The highest BCUT2D eigenvalue weighted by Crippen LogP contribution is 2.34. The van der Waals surface area contributed by atoms with Crippen molar-refractivity contribution in [2.45, 2.75) is 0 Å². The predicted octanol–water partition coefficient (Wildman–Crippen LogP) is 3.98. The molecule has 0 saturated heterocycles. The third kappa shape index (κ3) is 3.74.